The van der Waals surface area contributed by atoms with Gasteiger partial charge in [0, 0.05) is 12.6 Å². The van der Waals surface area contributed by atoms with Crippen molar-refractivity contribution in [3.63, 3.8) is 0 Å². The highest BCUT2D eigenvalue weighted by molar-refractivity contribution is 4.72. The largest absolute Gasteiger partial charge is 0.415 e. The number of aliphatic hydroxyl groups is 1. The van der Waals surface area contributed by atoms with E-state index in [9.17, 15) is 13.2 Å². The van der Waals surface area contributed by atoms with Crippen LogP contribution in [0.5, 0.6) is 0 Å². The Morgan fingerprint density at radius 3 is 2.21 bits per heavy atom. The molecule has 0 aromatic carbocycles. The fraction of sp³-hybridized carbons (Fsp3) is 1.00. The van der Waals surface area contributed by atoms with Crippen molar-refractivity contribution in [2.75, 3.05) is 6.54 Å². The molecule has 2 atom stereocenters. The number of halogens is 3. The average molecular weight is 213 g/mol. The predicted molar refractivity (Wildman–Crippen MR) is 49.1 cm³/mol. The van der Waals surface area contributed by atoms with Crippen molar-refractivity contribution in [3.05, 3.63) is 0 Å². The second-order valence-electron chi connectivity index (χ2n) is 3.36. The number of aliphatic hydroxyl groups excluding tert-OH is 1. The summed E-state index contributed by atoms with van der Waals surface area (Å²) < 4.78 is 35.7. The molecule has 0 amide bonds. The van der Waals surface area contributed by atoms with Gasteiger partial charge < -0.3 is 10.4 Å². The zero-order chi connectivity index (χ0) is 11.2. The van der Waals surface area contributed by atoms with Crippen LogP contribution >= 0.6 is 0 Å². The van der Waals surface area contributed by atoms with E-state index in [0.29, 0.717) is 0 Å². The molecule has 14 heavy (non-hydrogen) atoms. The van der Waals surface area contributed by atoms with Crippen LogP contribution in [0.15, 0.2) is 0 Å². The zero-order valence-corrected chi connectivity index (χ0v) is 8.56. The summed E-state index contributed by atoms with van der Waals surface area (Å²) in [5.41, 5.74) is 0. The predicted octanol–water partition coefficient (Wildman–Crippen LogP) is 2.08. The normalized spacial score (nSPS) is 16.7. The maximum atomic E-state index is 11.9. The first kappa shape index (κ1) is 13.7. The summed E-state index contributed by atoms with van der Waals surface area (Å²) in [5.74, 6) is 0. The van der Waals surface area contributed by atoms with Crippen molar-refractivity contribution in [3.8, 4) is 0 Å². The molecule has 0 spiro atoms. The topological polar surface area (TPSA) is 32.3 Å². The van der Waals surface area contributed by atoms with E-state index in [1.807, 2.05) is 13.8 Å². The molecular formula is C9H18F3NO. The molecule has 0 aliphatic heterocycles. The van der Waals surface area contributed by atoms with E-state index in [0.717, 1.165) is 19.3 Å². The van der Waals surface area contributed by atoms with E-state index in [1.165, 1.54) is 0 Å². The maximum absolute atomic E-state index is 11.9. The van der Waals surface area contributed by atoms with E-state index in [2.05, 4.69) is 5.32 Å². The van der Waals surface area contributed by atoms with Gasteiger partial charge in [0.1, 0.15) is 0 Å². The second-order valence-corrected chi connectivity index (χ2v) is 3.36. The lowest BCUT2D eigenvalue weighted by atomic mass is 10.1. The molecule has 0 aliphatic rings. The van der Waals surface area contributed by atoms with E-state index >= 15 is 0 Å². The fourth-order valence-electron chi connectivity index (χ4n) is 1.19. The molecule has 0 aromatic rings. The lowest BCUT2D eigenvalue weighted by Gasteiger charge is -2.20. The molecule has 0 fully saturated rings. The molecule has 86 valence electrons. The third kappa shape index (κ3) is 5.44. The molecule has 5 heteroatoms. The number of hydrogen-bond acceptors (Lipinski definition) is 2. The number of hydrogen-bond donors (Lipinski definition) is 2. The molecule has 0 aromatic heterocycles. The van der Waals surface area contributed by atoms with Crippen molar-refractivity contribution >= 4 is 0 Å². The molecule has 0 aliphatic carbocycles. The van der Waals surface area contributed by atoms with Gasteiger partial charge in [-0.3, -0.25) is 0 Å². The molecule has 0 saturated heterocycles. The Bertz CT molecular complexity index is 149. The van der Waals surface area contributed by atoms with Crippen LogP contribution < -0.4 is 5.32 Å². The maximum Gasteiger partial charge on any atom is 0.415 e. The highest BCUT2D eigenvalue weighted by Crippen LogP contribution is 2.19. The molecule has 0 bridgehead atoms. The first-order valence-electron chi connectivity index (χ1n) is 4.90. The molecule has 0 radical (unpaired) electrons. The quantitative estimate of drug-likeness (QED) is 0.708. The number of alkyl halides is 3. The van der Waals surface area contributed by atoms with Gasteiger partial charge in [0.05, 0.1) is 0 Å². The minimum atomic E-state index is -4.52. The van der Waals surface area contributed by atoms with Crippen LogP contribution in [-0.2, 0) is 0 Å². The number of nitrogens with one attached hydrogen (secondary N) is 1. The Kier molecular flexibility index (Phi) is 6.11. The van der Waals surface area contributed by atoms with Crippen molar-refractivity contribution in [1.29, 1.82) is 0 Å². The Hall–Kier alpha value is -0.290. The Balaban J connectivity index is 3.79. The zero-order valence-electron chi connectivity index (χ0n) is 8.56. The fourth-order valence-corrected chi connectivity index (χ4v) is 1.19. The van der Waals surface area contributed by atoms with Gasteiger partial charge in [-0.25, -0.2) is 0 Å². The molecule has 0 heterocycles. The van der Waals surface area contributed by atoms with Gasteiger partial charge in [-0.1, -0.05) is 20.3 Å². The Morgan fingerprint density at radius 2 is 1.86 bits per heavy atom. The lowest BCUT2D eigenvalue weighted by molar-refractivity contribution is -0.202. The summed E-state index contributed by atoms with van der Waals surface area (Å²) in [4.78, 5) is 0. The molecular weight excluding hydrogens is 195 g/mol. The average Bonchev–Trinajstić information content (AvgIpc) is 2.10. The standard InChI is InChI=1S/C9H18F3NO/c1-3-5-7(4-2)13-6-8(14)9(10,11)12/h7-8,13-14H,3-6H2,1-2H3. The van der Waals surface area contributed by atoms with Crippen LogP contribution in [0.3, 0.4) is 0 Å². The monoisotopic (exact) mass is 213 g/mol. The van der Waals surface area contributed by atoms with Gasteiger partial charge in [0.25, 0.3) is 0 Å². The summed E-state index contributed by atoms with van der Waals surface area (Å²) >= 11 is 0. The summed E-state index contributed by atoms with van der Waals surface area (Å²) in [6.45, 7) is 3.47. The summed E-state index contributed by atoms with van der Waals surface area (Å²) in [5, 5.41) is 11.4. The van der Waals surface area contributed by atoms with Gasteiger partial charge in [-0.15, -0.1) is 0 Å². The second kappa shape index (κ2) is 6.24. The van der Waals surface area contributed by atoms with Crippen molar-refractivity contribution < 1.29 is 18.3 Å². The SMILES string of the molecule is CCCC(CC)NCC(O)C(F)(F)F. The van der Waals surface area contributed by atoms with Crippen LogP contribution in [0.25, 0.3) is 0 Å². The van der Waals surface area contributed by atoms with Crippen molar-refractivity contribution in [2.24, 2.45) is 0 Å². The van der Waals surface area contributed by atoms with Gasteiger partial charge in [-0.2, -0.15) is 13.2 Å². The molecule has 0 rings (SSSR count). The van der Waals surface area contributed by atoms with Crippen molar-refractivity contribution in [1.82, 2.24) is 5.32 Å². The first-order valence-corrected chi connectivity index (χ1v) is 4.90. The van der Waals surface area contributed by atoms with Crippen LogP contribution in [0.4, 0.5) is 13.2 Å². The Morgan fingerprint density at radius 1 is 1.29 bits per heavy atom. The van der Waals surface area contributed by atoms with E-state index in [-0.39, 0.29) is 6.04 Å². The Labute approximate surface area is 82.5 Å². The minimum Gasteiger partial charge on any atom is -0.382 e. The van der Waals surface area contributed by atoms with Crippen LogP contribution in [0, 0.1) is 0 Å². The summed E-state index contributed by atoms with van der Waals surface area (Å²) in [7, 11) is 0. The highest BCUT2D eigenvalue weighted by Gasteiger charge is 2.37. The molecule has 2 N–H and O–H groups in total. The lowest BCUT2D eigenvalue weighted by Crippen LogP contribution is -2.42. The van der Waals surface area contributed by atoms with Crippen LogP contribution in [-0.4, -0.2) is 30.0 Å². The van der Waals surface area contributed by atoms with Gasteiger partial charge in [0.2, 0.25) is 0 Å². The summed E-state index contributed by atoms with van der Waals surface area (Å²) in [6.07, 6.45) is -4.24. The van der Waals surface area contributed by atoms with E-state index in [1.54, 1.807) is 0 Å². The van der Waals surface area contributed by atoms with E-state index in [4.69, 9.17) is 5.11 Å². The van der Waals surface area contributed by atoms with Gasteiger partial charge in [0.15, 0.2) is 6.10 Å². The third-order valence-electron chi connectivity index (χ3n) is 2.11. The molecule has 2 unspecified atom stereocenters. The minimum absolute atomic E-state index is 0.0667. The van der Waals surface area contributed by atoms with Crippen molar-refractivity contribution in [2.45, 2.75) is 51.4 Å². The first-order chi connectivity index (χ1) is 6.41. The van der Waals surface area contributed by atoms with Crippen LogP contribution in [0.1, 0.15) is 33.1 Å². The van der Waals surface area contributed by atoms with Gasteiger partial charge >= 0.3 is 6.18 Å². The molecule has 0 saturated carbocycles. The summed E-state index contributed by atoms with van der Waals surface area (Å²) in [6, 6.07) is 0.0667. The smallest absolute Gasteiger partial charge is 0.382 e. The van der Waals surface area contributed by atoms with Crippen LogP contribution in [0.2, 0.25) is 0 Å². The van der Waals surface area contributed by atoms with E-state index < -0.39 is 18.8 Å². The third-order valence-corrected chi connectivity index (χ3v) is 2.11. The number of rotatable bonds is 6. The highest BCUT2D eigenvalue weighted by atomic mass is 19.4. The molecule has 2 nitrogen and oxygen atoms in total. The van der Waals surface area contributed by atoms with Gasteiger partial charge in [-0.05, 0) is 12.8 Å².